The van der Waals surface area contributed by atoms with Crippen molar-refractivity contribution >= 4 is 5.97 Å². The van der Waals surface area contributed by atoms with Crippen LogP contribution in [0.4, 0.5) is 4.39 Å². The summed E-state index contributed by atoms with van der Waals surface area (Å²) in [6, 6.07) is 13.1. The van der Waals surface area contributed by atoms with Crippen LogP contribution in [0.2, 0.25) is 0 Å². The van der Waals surface area contributed by atoms with Crippen LogP contribution in [-0.4, -0.2) is 12.1 Å². The van der Waals surface area contributed by atoms with E-state index in [2.05, 4.69) is 13.2 Å². The summed E-state index contributed by atoms with van der Waals surface area (Å²) in [7, 11) is 0. The highest BCUT2D eigenvalue weighted by Gasteiger charge is 2.21. The van der Waals surface area contributed by atoms with Crippen molar-refractivity contribution in [3.63, 3.8) is 0 Å². The Kier molecular flexibility index (Phi) is 7.88. The fourth-order valence-electron chi connectivity index (χ4n) is 3.58. The number of ether oxygens (including phenoxy) is 3. The number of carbonyl (C=O) groups excluding carboxylic acids is 1. The summed E-state index contributed by atoms with van der Waals surface area (Å²) in [5.74, 6) is 1.70. The van der Waals surface area contributed by atoms with Gasteiger partial charge < -0.3 is 14.2 Å². The number of allylic oxidation sites excluding steroid dienone is 1. The Bertz CT molecular complexity index is 881. The molecule has 0 aromatic heterocycles. The first-order valence-electron chi connectivity index (χ1n) is 10.6. The number of hydrogen-bond acceptors (Lipinski definition) is 4. The van der Waals surface area contributed by atoms with Gasteiger partial charge in [-0.2, -0.15) is 4.39 Å². The summed E-state index contributed by atoms with van der Waals surface area (Å²) in [5.41, 5.74) is 0.621. The molecule has 0 N–H and O–H groups in total. The van der Waals surface area contributed by atoms with Crippen LogP contribution < -0.4 is 14.2 Å². The zero-order valence-electron chi connectivity index (χ0n) is 17.9. The molecule has 1 unspecified atom stereocenters. The van der Waals surface area contributed by atoms with Crippen molar-refractivity contribution in [2.45, 2.75) is 51.5 Å². The maximum Gasteiger partial charge on any atom is 0.338 e. The second-order valence-electron chi connectivity index (χ2n) is 7.93. The highest BCUT2D eigenvalue weighted by atomic mass is 19.1. The Morgan fingerprint density at radius 2 is 1.61 bits per heavy atom. The van der Waals surface area contributed by atoms with Gasteiger partial charge in [0.1, 0.15) is 17.2 Å². The number of halogens is 1. The van der Waals surface area contributed by atoms with Crippen LogP contribution in [0.3, 0.4) is 0 Å². The molecular formula is C26H29FO4. The van der Waals surface area contributed by atoms with E-state index in [4.69, 9.17) is 14.2 Å². The fraction of sp³-hybridized carbons (Fsp3) is 0.346. The summed E-state index contributed by atoms with van der Waals surface area (Å²) in [4.78, 5) is 11.5. The number of esters is 1. The van der Waals surface area contributed by atoms with E-state index in [9.17, 15) is 9.18 Å². The van der Waals surface area contributed by atoms with Crippen LogP contribution in [0.1, 0.15) is 50.9 Å². The first-order chi connectivity index (χ1) is 14.9. The highest BCUT2D eigenvalue weighted by Crippen LogP contribution is 2.31. The number of rotatable bonds is 9. The third-order valence-corrected chi connectivity index (χ3v) is 5.36. The molecule has 5 heteroatoms. The molecule has 1 saturated carbocycles. The number of carbonyl (C=O) groups is 1. The molecule has 1 fully saturated rings. The molecule has 1 aliphatic carbocycles. The molecule has 3 rings (SSSR count). The Morgan fingerprint density at radius 3 is 2.19 bits per heavy atom. The minimum absolute atomic E-state index is 0.222. The summed E-state index contributed by atoms with van der Waals surface area (Å²) in [5, 5.41) is 0. The molecular weight excluding hydrogens is 395 g/mol. The number of alkyl halides is 1. The van der Waals surface area contributed by atoms with E-state index < -0.39 is 12.3 Å². The minimum Gasteiger partial charge on any atom is -0.490 e. The van der Waals surface area contributed by atoms with Gasteiger partial charge in [-0.15, -0.1) is 6.58 Å². The van der Waals surface area contributed by atoms with Gasteiger partial charge in [-0.1, -0.05) is 12.7 Å². The molecule has 0 heterocycles. The molecule has 31 heavy (non-hydrogen) atoms. The maximum absolute atomic E-state index is 14.5. The number of hydrogen-bond donors (Lipinski definition) is 0. The molecule has 164 valence electrons. The standard InChI is InChI=1S/C26H29FO4/c1-4-5-19-6-10-21(11-7-19)29-22-14-16-23(17-15-22)30-25(27)20-8-12-24(13-9-20)31-26(28)18(2)3/h4,8-9,12-17,19,21,25H,1-2,5-7,10-11H2,3H3. The first-order valence-corrected chi connectivity index (χ1v) is 10.6. The van der Waals surface area contributed by atoms with Gasteiger partial charge in [-0.3, -0.25) is 0 Å². The monoisotopic (exact) mass is 424 g/mol. The largest absolute Gasteiger partial charge is 0.490 e. The Morgan fingerprint density at radius 1 is 1.03 bits per heavy atom. The van der Waals surface area contributed by atoms with Crippen molar-refractivity contribution in [3.05, 3.63) is 78.9 Å². The van der Waals surface area contributed by atoms with Gasteiger partial charge >= 0.3 is 5.97 Å². The lowest BCUT2D eigenvalue weighted by atomic mass is 9.85. The lowest BCUT2D eigenvalue weighted by Gasteiger charge is -2.28. The zero-order valence-corrected chi connectivity index (χ0v) is 17.9. The minimum atomic E-state index is -1.64. The average Bonchev–Trinajstić information content (AvgIpc) is 2.77. The van der Waals surface area contributed by atoms with Crippen molar-refractivity contribution < 1.29 is 23.4 Å². The van der Waals surface area contributed by atoms with Crippen LogP contribution in [0.5, 0.6) is 17.2 Å². The van der Waals surface area contributed by atoms with E-state index in [1.807, 2.05) is 6.08 Å². The predicted molar refractivity (Wildman–Crippen MR) is 119 cm³/mol. The van der Waals surface area contributed by atoms with E-state index >= 15 is 0 Å². The van der Waals surface area contributed by atoms with E-state index in [-0.39, 0.29) is 6.10 Å². The van der Waals surface area contributed by atoms with Gasteiger partial charge in [0.25, 0.3) is 6.36 Å². The Hall–Kier alpha value is -3.08. The summed E-state index contributed by atoms with van der Waals surface area (Å²) in [6.07, 6.45) is 6.06. The van der Waals surface area contributed by atoms with Gasteiger partial charge in [-0.25, -0.2) is 4.79 Å². The fourth-order valence-corrected chi connectivity index (χ4v) is 3.58. The molecule has 0 bridgehead atoms. The van der Waals surface area contributed by atoms with Crippen molar-refractivity contribution in [2.24, 2.45) is 5.92 Å². The SMILES string of the molecule is C=CCC1CCC(Oc2ccc(OC(F)c3ccc(OC(=O)C(=C)C)cc3)cc2)CC1. The average molecular weight is 425 g/mol. The van der Waals surface area contributed by atoms with E-state index in [1.165, 1.54) is 24.3 Å². The zero-order chi connectivity index (χ0) is 22.2. The maximum atomic E-state index is 14.5. The molecule has 0 saturated heterocycles. The van der Waals surface area contributed by atoms with Gasteiger partial charge in [-0.05, 0) is 93.5 Å². The molecule has 1 atom stereocenters. The third-order valence-electron chi connectivity index (χ3n) is 5.36. The summed E-state index contributed by atoms with van der Waals surface area (Å²) in [6.45, 7) is 8.91. The molecule has 0 aliphatic heterocycles. The van der Waals surface area contributed by atoms with Crippen LogP contribution in [-0.2, 0) is 4.79 Å². The van der Waals surface area contributed by atoms with Crippen molar-refractivity contribution in [3.8, 4) is 17.2 Å². The van der Waals surface area contributed by atoms with Gasteiger partial charge in [0.05, 0.1) is 6.10 Å². The van der Waals surface area contributed by atoms with Crippen molar-refractivity contribution in [2.75, 3.05) is 0 Å². The predicted octanol–water partition coefficient (Wildman–Crippen LogP) is 6.73. The quantitative estimate of drug-likeness (QED) is 0.194. The lowest BCUT2D eigenvalue weighted by molar-refractivity contribution is -0.130. The molecule has 1 aliphatic rings. The summed E-state index contributed by atoms with van der Waals surface area (Å²) >= 11 is 0. The van der Waals surface area contributed by atoms with Gasteiger partial charge in [0, 0.05) is 11.1 Å². The van der Waals surface area contributed by atoms with Crippen LogP contribution in [0, 0.1) is 5.92 Å². The lowest BCUT2D eigenvalue weighted by Crippen LogP contribution is -2.23. The van der Waals surface area contributed by atoms with Crippen LogP contribution in [0.15, 0.2) is 73.3 Å². The third kappa shape index (κ3) is 6.71. The van der Waals surface area contributed by atoms with E-state index in [0.29, 0.717) is 22.6 Å². The van der Waals surface area contributed by atoms with Crippen molar-refractivity contribution in [1.29, 1.82) is 0 Å². The Labute approximate surface area is 183 Å². The first kappa shape index (κ1) is 22.6. The molecule has 2 aromatic carbocycles. The van der Waals surface area contributed by atoms with E-state index in [1.54, 1.807) is 31.2 Å². The molecule has 0 radical (unpaired) electrons. The van der Waals surface area contributed by atoms with Crippen molar-refractivity contribution in [1.82, 2.24) is 0 Å². The Balaban J connectivity index is 1.49. The second-order valence-corrected chi connectivity index (χ2v) is 7.93. The smallest absolute Gasteiger partial charge is 0.338 e. The second kappa shape index (κ2) is 10.8. The van der Waals surface area contributed by atoms with Crippen LogP contribution >= 0.6 is 0 Å². The van der Waals surface area contributed by atoms with Crippen LogP contribution in [0.25, 0.3) is 0 Å². The van der Waals surface area contributed by atoms with E-state index in [0.717, 1.165) is 43.8 Å². The molecule has 4 nitrogen and oxygen atoms in total. The number of benzene rings is 2. The molecule has 2 aromatic rings. The molecule has 0 spiro atoms. The van der Waals surface area contributed by atoms with Gasteiger partial charge in [0.15, 0.2) is 0 Å². The highest BCUT2D eigenvalue weighted by molar-refractivity contribution is 5.88. The normalized spacial score (nSPS) is 19.2. The topological polar surface area (TPSA) is 44.8 Å². The van der Waals surface area contributed by atoms with Gasteiger partial charge in [0.2, 0.25) is 0 Å². The summed E-state index contributed by atoms with van der Waals surface area (Å²) < 4.78 is 31.1. The molecule has 0 amide bonds.